The Morgan fingerprint density at radius 1 is 1.62 bits per heavy atom. The topological polar surface area (TPSA) is 84.6 Å². The summed E-state index contributed by atoms with van der Waals surface area (Å²) >= 11 is 0. The second kappa shape index (κ2) is 5.48. The van der Waals surface area contributed by atoms with Crippen molar-refractivity contribution in [3.63, 3.8) is 0 Å². The number of rotatable bonds is 4. The molecule has 0 heterocycles. The third-order valence-electron chi connectivity index (χ3n) is 2.26. The van der Waals surface area contributed by atoms with Crippen LogP contribution in [0.1, 0.15) is 5.56 Å². The lowest BCUT2D eigenvalue weighted by atomic mass is 10.2. The molecular formula is C11H16N2O3. The smallest absolute Gasteiger partial charge is 0.254 e. The summed E-state index contributed by atoms with van der Waals surface area (Å²) in [6, 6.07) is 4.81. The molecule has 0 aliphatic rings. The van der Waals surface area contributed by atoms with Crippen LogP contribution in [0.15, 0.2) is 18.2 Å². The highest BCUT2D eigenvalue weighted by Crippen LogP contribution is 2.20. The van der Waals surface area contributed by atoms with Crippen LogP contribution in [0.25, 0.3) is 0 Å². The summed E-state index contributed by atoms with van der Waals surface area (Å²) in [5.74, 6) is -0.102. The third kappa shape index (κ3) is 2.95. The predicted octanol–water partition coefficient (Wildman–Crippen LogP) is 0.613. The highest BCUT2D eigenvalue weighted by atomic mass is 16.5. The Morgan fingerprint density at radius 3 is 2.81 bits per heavy atom. The van der Waals surface area contributed by atoms with E-state index < -0.39 is 6.10 Å². The number of benzene rings is 1. The van der Waals surface area contributed by atoms with Gasteiger partial charge in [0.15, 0.2) is 0 Å². The van der Waals surface area contributed by atoms with Gasteiger partial charge in [0.1, 0.15) is 11.9 Å². The maximum absolute atomic E-state index is 11.6. The molecular weight excluding hydrogens is 208 g/mol. The quantitative estimate of drug-likeness (QED) is 0.654. The average molecular weight is 224 g/mol. The molecule has 0 spiro atoms. The molecule has 0 saturated carbocycles. The first-order chi connectivity index (χ1) is 7.58. The number of phenolic OH excluding ortho intramolecular Hbond substituents is 1. The van der Waals surface area contributed by atoms with E-state index in [0.717, 1.165) is 0 Å². The van der Waals surface area contributed by atoms with Crippen molar-refractivity contribution in [2.75, 3.05) is 19.0 Å². The molecule has 0 aliphatic carbocycles. The number of nitrogens with two attached hydrogens (primary N) is 1. The van der Waals surface area contributed by atoms with Crippen LogP contribution in [0.5, 0.6) is 5.75 Å². The number of carbonyl (C=O) groups is 1. The van der Waals surface area contributed by atoms with Gasteiger partial charge in [0.05, 0.1) is 0 Å². The minimum absolute atomic E-state index is 0.124. The summed E-state index contributed by atoms with van der Waals surface area (Å²) in [7, 11) is 1.43. The second-order valence-electron chi connectivity index (χ2n) is 3.45. The molecule has 88 valence electrons. The lowest BCUT2D eigenvalue weighted by molar-refractivity contribution is -0.125. The maximum atomic E-state index is 11.6. The highest BCUT2D eigenvalue weighted by molar-refractivity contribution is 5.94. The lowest BCUT2D eigenvalue weighted by Crippen LogP contribution is -2.35. The molecule has 0 aliphatic heterocycles. The number of methoxy groups -OCH3 is 1. The van der Waals surface area contributed by atoms with Gasteiger partial charge in [-0.2, -0.15) is 0 Å². The van der Waals surface area contributed by atoms with Crippen LogP contribution < -0.4 is 11.1 Å². The van der Waals surface area contributed by atoms with E-state index in [1.54, 1.807) is 19.1 Å². The van der Waals surface area contributed by atoms with Crippen molar-refractivity contribution in [2.45, 2.75) is 13.0 Å². The number of anilines is 1. The number of aromatic hydroxyl groups is 1. The third-order valence-corrected chi connectivity index (χ3v) is 2.26. The van der Waals surface area contributed by atoms with Gasteiger partial charge in [0, 0.05) is 19.3 Å². The molecule has 5 nitrogen and oxygen atoms in total. The fraction of sp³-hybridized carbons (Fsp3) is 0.364. The molecule has 5 heteroatoms. The highest BCUT2D eigenvalue weighted by Gasteiger charge is 2.15. The minimum Gasteiger partial charge on any atom is -0.508 e. The van der Waals surface area contributed by atoms with Crippen LogP contribution in [-0.2, 0) is 9.53 Å². The summed E-state index contributed by atoms with van der Waals surface area (Å²) in [5, 5.41) is 12.0. The van der Waals surface area contributed by atoms with Gasteiger partial charge in [0.25, 0.3) is 5.91 Å². The molecule has 16 heavy (non-hydrogen) atoms. The van der Waals surface area contributed by atoms with Crippen LogP contribution >= 0.6 is 0 Å². The molecule has 0 aromatic heterocycles. The van der Waals surface area contributed by atoms with Crippen molar-refractivity contribution in [3.05, 3.63) is 23.8 Å². The van der Waals surface area contributed by atoms with E-state index >= 15 is 0 Å². The van der Waals surface area contributed by atoms with E-state index in [9.17, 15) is 9.90 Å². The zero-order valence-electron chi connectivity index (χ0n) is 9.36. The van der Waals surface area contributed by atoms with E-state index in [4.69, 9.17) is 10.5 Å². The number of carbonyl (C=O) groups excluding carboxylic acids is 1. The molecule has 1 aromatic carbocycles. The van der Waals surface area contributed by atoms with Gasteiger partial charge in [-0.05, 0) is 30.7 Å². The average Bonchev–Trinajstić information content (AvgIpc) is 2.25. The molecule has 0 saturated heterocycles. The number of aryl methyl sites for hydroxylation is 1. The number of phenols is 1. The molecule has 1 rings (SSSR count). The van der Waals surface area contributed by atoms with Gasteiger partial charge >= 0.3 is 0 Å². The SMILES string of the molecule is COC(CN)C(=O)Nc1ccc(O)c(C)c1. The Balaban J connectivity index is 2.73. The van der Waals surface area contributed by atoms with E-state index in [2.05, 4.69) is 5.32 Å². The Morgan fingerprint density at radius 2 is 2.31 bits per heavy atom. The normalized spacial score (nSPS) is 12.2. The van der Waals surface area contributed by atoms with Crippen molar-refractivity contribution in [3.8, 4) is 5.75 Å². The zero-order chi connectivity index (χ0) is 12.1. The summed E-state index contributed by atoms with van der Waals surface area (Å²) in [6.07, 6.45) is -0.658. The van der Waals surface area contributed by atoms with E-state index in [-0.39, 0.29) is 18.2 Å². The second-order valence-corrected chi connectivity index (χ2v) is 3.45. The summed E-state index contributed by atoms with van der Waals surface area (Å²) in [5.41, 5.74) is 6.67. The van der Waals surface area contributed by atoms with Gasteiger partial charge in [-0.1, -0.05) is 0 Å². The fourth-order valence-electron chi connectivity index (χ4n) is 1.27. The Kier molecular flexibility index (Phi) is 4.28. The Bertz CT molecular complexity index is 375. The van der Waals surface area contributed by atoms with E-state index in [1.807, 2.05) is 0 Å². The van der Waals surface area contributed by atoms with E-state index in [0.29, 0.717) is 11.3 Å². The summed E-state index contributed by atoms with van der Waals surface area (Å²) in [4.78, 5) is 11.6. The van der Waals surface area contributed by atoms with Gasteiger partial charge in [-0.3, -0.25) is 4.79 Å². The van der Waals surface area contributed by atoms with Crippen molar-refractivity contribution in [1.29, 1.82) is 0 Å². The first-order valence-electron chi connectivity index (χ1n) is 4.91. The molecule has 0 bridgehead atoms. The first kappa shape index (κ1) is 12.5. The minimum atomic E-state index is -0.658. The number of hydrogen-bond donors (Lipinski definition) is 3. The van der Waals surface area contributed by atoms with Gasteiger partial charge in [0.2, 0.25) is 0 Å². The van der Waals surface area contributed by atoms with Crippen LogP contribution in [0, 0.1) is 6.92 Å². The fourth-order valence-corrected chi connectivity index (χ4v) is 1.27. The standard InChI is InChI=1S/C11H16N2O3/c1-7-5-8(3-4-9(7)14)13-11(15)10(6-12)16-2/h3-5,10,14H,6,12H2,1-2H3,(H,13,15). The zero-order valence-corrected chi connectivity index (χ0v) is 9.36. The predicted molar refractivity (Wildman–Crippen MR) is 61.3 cm³/mol. The van der Waals surface area contributed by atoms with Crippen molar-refractivity contribution >= 4 is 11.6 Å². The molecule has 1 atom stereocenters. The summed E-state index contributed by atoms with van der Waals surface area (Å²) < 4.78 is 4.90. The van der Waals surface area contributed by atoms with Crippen molar-refractivity contribution in [1.82, 2.24) is 0 Å². The molecule has 0 radical (unpaired) electrons. The molecule has 1 unspecified atom stereocenters. The summed E-state index contributed by atoms with van der Waals surface area (Å²) in [6.45, 7) is 1.88. The molecule has 1 aromatic rings. The van der Waals surface area contributed by atoms with Gasteiger partial charge in [-0.15, -0.1) is 0 Å². The van der Waals surface area contributed by atoms with Gasteiger partial charge < -0.3 is 20.9 Å². The number of amides is 1. The molecule has 1 amide bonds. The monoisotopic (exact) mass is 224 g/mol. The van der Waals surface area contributed by atoms with Crippen LogP contribution in [0.3, 0.4) is 0 Å². The first-order valence-corrected chi connectivity index (χ1v) is 4.91. The Hall–Kier alpha value is -1.59. The van der Waals surface area contributed by atoms with Crippen molar-refractivity contribution in [2.24, 2.45) is 5.73 Å². The van der Waals surface area contributed by atoms with Crippen LogP contribution in [0.4, 0.5) is 5.69 Å². The Labute approximate surface area is 94.2 Å². The lowest BCUT2D eigenvalue weighted by Gasteiger charge is -2.13. The number of nitrogens with one attached hydrogen (secondary N) is 1. The van der Waals surface area contributed by atoms with E-state index in [1.165, 1.54) is 13.2 Å². The van der Waals surface area contributed by atoms with Gasteiger partial charge in [-0.25, -0.2) is 0 Å². The van der Waals surface area contributed by atoms with Crippen LogP contribution in [-0.4, -0.2) is 30.8 Å². The molecule has 0 fully saturated rings. The molecule has 4 N–H and O–H groups in total. The van der Waals surface area contributed by atoms with Crippen molar-refractivity contribution < 1.29 is 14.6 Å². The maximum Gasteiger partial charge on any atom is 0.254 e. The number of hydrogen-bond acceptors (Lipinski definition) is 4. The largest absolute Gasteiger partial charge is 0.508 e. The number of ether oxygens (including phenoxy) is 1. The van der Waals surface area contributed by atoms with Crippen LogP contribution in [0.2, 0.25) is 0 Å².